The lowest BCUT2D eigenvalue weighted by Crippen LogP contribution is -2.35. The molecule has 88 valence electrons. The highest BCUT2D eigenvalue weighted by Gasteiger charge is 2.24. The molecular weight excluding hydrogens is 224 g/mol. The second kappa shape index (κ2) is 5.46. The first-order valence-electron chi connectivity index (χ1n) is 5.75. The number of nitrogens with two attached hydrogens (primary N) is 1. The van der Waals surface area contributed by atoms with Crippen LogP contribution in [0.5, 0.6) is 0 Å². The van der Waals surface area contributed by atoms with E-state index in [0.29, 0.717) is 23.7 Å². The largest absolute Gasteiger partial charge is 0.364 e. The molecule has 0 saturated heterocycles. The normalized spacial score (nSPS) is 18.6. The maximum absolute atomic E-state index is 5.79. The Labute approximate surface area is 101 Å². The molecule has 0 radical (unpaired) electrons. The molecule has 0 aliphatic heterocycles. The van der Waals surface area contributed by atoms with E-state index < -0.39 is 0 Å². The fourth-order valence-corrected chi connectivity index (χ4v) is 2.41. The van der Waals surface area contributed by atoms with Crippen LogP contribution in [0.15, 0.2) is 12.1 Å². The minimum Gasteiger partial charge on any atom is -0.364 e. The molecule has 0 aromatic carbocycles. The van der Waals surface area contributed by atoms with Crippen LogP contribution in [-0.2, 0) is 0 Å². The van der Waals surface area contributed by atoms with Crippen LogP contribution in [-0.4, -0.2) is 22.8 Å². The molecule has 1 unspecified atom stereocenters. The SMILES string of the molecule is NCC(Nc1ccc(Cl)nn1)C1CCCC1. The van der Waals surface area contributed by atoms with Crippen LogP contribution in [0.1, 0.15) is 25.7 Å². The van der Waals surface area contributed by atoms with Gasteiger partial charge in [-0.3, -0.25) is 0 Å². The standard InChI is InChI=1S/C11H17ClN4/c12-10-5-6-11(16-15-10)14-9(7-13)8-3-1-2-4-8/h5-6,8-9H,1-4,7,13H2,(H,14,16). The molecule has 4 nitrogen and oxygen atoms in total. The molecular formula is C11H17ClN4. The minimum absolute atomic E-state index is 0.304. The van der Waals surface area contributed by atoms with Gasteiger partial charge in [0.05, 0.1) is 0 Å². The average molecular weight is 241 g/mol. The van der Waals surface area contributed by atoms with Gasteiger partial charge in [0, 0.05) is 12.6 Å². The molecule has 1 aromatic heterocycles. The van der Waals surface area contributed by atoms with Crippen LogP contribution in [0.25, 0.3) is 0 Å². The zero-order valence-electron chi connectivity index (χ0n) is 9.19. The van der Waals surface area contributed by atoms with Crippen molar-refractivity contribution in [1.82, 2.24) is 10.2 Å². The molecule has 1 saturated carbocycles. The third-order valence-corrected chi connectivity index (χ3v) is 3.39. The van der Waals surface area contributed by atoms with Crippen molar-refractivity contribution in [2.24, 2.45) is 11.7 Å². The number of aromatic nitrogens is 2. The van der Waals surface area contributed by atoms with Crippen molar-refractivity contribution in [3.05, 3.63) is 17.3 Å². The van der Waals surface area contributed by atoms with Crippen molar-refractivity contribution >= 4 is 17.4 Å². The van der Waals surface area contributed by atoms with Gasteiger partial charge in [-0.25, -0.2) is 0 Å². The lowest BCUT2D eigenvalue weighted by molar-refractivity contribution is 0.461. The van der Waals surface area contributed by atoms with Gasteiger partial charge in [-0.2, -0.15) is 0 Å². The van der Waals surface area contributed by atoms with E-state index in [1.807, 2.05) is 6.07 Å². The van der Waals surface area contributed by atoms with Gasteiger partial charge in [0.15, 0.2) is 5.15 Å². The molecule has 5 heteroatoms. The van der Waals surface area contributed by atoms with E-state index in [9.17, 15) is 0 Å². The monoisotopic (exact) mass is 240 g/mol. The highest BCUT2D eigenvalue weighted by Crippen LogP contribution is 2.28. The van der Waals surface area contributed by atoms with Crippen molar-refractivity contribution in [3.63, 3.8) is 0 Å². The first kappa shape index (κ1) is 11.6. The fraction of sp³-hybridized carbons (Fsp3) is 0.636. The predicted octanol–water partition coefficient (Wildman–Crippen LogP) is 2.06. The van der Waals surface area contributed by atoms with Crippen molar-refractivity contribution in [1.29, 1.82) is 0 Å². The Kier molecular flexibility index (Phi) is 3.96. The van der Waals surface area contributed by atoms with Crippen molar-refractivity contribution in [2.75, 3.05) is 11.9 Å². The lowest BCUT2D eigenvalue weighted by atomic mass is 9.98. The van der Waals surface area contributed by atoms with Gasteiger partial charge in [0.25, 0.3) is 0 Å². The second-order valence-electron chi connectivity index (χ2n) is 4.27. The van der Waals surface area contributed by atoms with Crippen molar-refractivity contribution in [2.45, 2.75) is 31.7 Å². The Morgan fingerprint density at radius 3 is 2.69 bits per heavy atom. The molecule has 0 amide bonds. The average Bonchev–Trinajstić information content (AvgIpc) is 2.82. The molecule has 1 fully saturated rings. The summed E-state index contributed by atoms with van der Waals surface area (Å²) in [5.74, 6) is 1.43. The third kappa shape index (κ3) is 2.83. The van der Waals surface area contributed by atoms with E-state index in [1.165, 1.54) is 25.7 Å². The molecule has 1 aliphatic rings. The molecule has 1 heterocycles. The lowest BCUT2D eigenvalue weighted by Gasteiger charge is -2.23. The van der Waals surface area contributed by atoms with Gasteiger partial charge in [-0.15, -0.1) is 10.2 Å². The summed E-state index contributed by atoms with van der Waals surface area (Å²) >= 11 is 5.68. The summed E-state index contributed by atoms with van der Waals surface area (Å²) in [6, 6.07) is 3.88. The third-order valence-electron chi connectivity index (χ3n) is 3.19. The Bertz CT molecular complexity index is 321. The van der Waals surface area contributed by atoms with Gasteiger partial charge >= 0.3 is 0 Å². The minimum atomic E-state index is 0.304. The molecule has 1 aromatic rings. The number of anilines is 1. The summed E-state index contributed by atoms with van der Waals surface area (Å²) in [5, 5.41) is 11.5. The zero-order valence-corrected chi connectivity index (χ0v) is 9.95. The molecule has 0 bridgehead atoms. The summed E-state index contributed by atoms with van der Waals surface area (Å²) in [7, 11) is 0. The first-order valence-corrected chi connectivity index (χ1v) is 6.13. The predicted molar refractivity (Wildman–Crippen MR) is 65.5 cm³/mol. The Morgan fingerprint density at radius 2 is 2.12 bits per heavy atom. The summed E-state index contributed by atoms with van der Waals surface area (Å²) in [6.07, 6.45) is 5.15. The number of nitrogens with one attached hydrogen (secondary N) is 1. The van der Waals surface area contributed by atoms with Crippen molar-refractivity contribution < 1.29 is 0 Å². The van der Waals surface area contributed by atoms with Crippen molar-refractivity contribution in [3.8, 4) is 0 Å². The molecule has 2 rings (SSSR count). The molecule has 16 heavy (non-hydrogen) atoms. The van der Waals surface area contributed by atoms with Crippen LogP contribution >= 0.6 is 11.6 Å². The maximum Gasteiger partial charge on any atom is 0.151 e. The van der Waals surface area contributed by atoms with Gasteiger partial charge in [-0.1, -0.05) is 24.4 Å². The van der Waals surface area contributed by atoms with Crippen LogP contribution in [0.4, 0.5) is 5.82 Å². The van der Waals surface area contributed by atoms with Gasteiger partial charge in [-0.05, 0) is 30.9 Å². The molecule has 1 atom stereocenters. The molecule has 3 N–H and O–H groups in total. The highest BCUT2D eigenvalue weighted by molar-refractivity contribution is 6.29. The van der Waals surface area contributed by atoms with Crippen LogP contribution in [0, 0.1) is 5.92 Å². The van der Waals surface area contributed by atoms with E-state index in [-0.39, 0.29) is 0 Å². The first-order chi connectivity index (χ1) is 7.79. The van der Waals surface area contributed by atoms with E-state index in [2.05, 4.69) is 15.5 Å². The smallest absolute Gasteiger partial charge is 0.151 e. The number of hydrogen-bond donors (Lipinski definition) is 2. The second-order valence-corrected chi connectivity index (χ2v) is 4.66. The van der Waals surface area contributed by atoms with E-state index >= 15 is 0 Å². The van der Waals surface area contributed by atoms with Gasteiger partial charge in [0.2, 0.25) is 0 Å². The Hall–Kier alpha value is -0.870. The summed E-state index contributed by atoms with van der Waals surface area (Å²) in [4.78, 5) is 0. The molecule has 1 aliphatic carbocycles. The highest BCUT2D eigenvalue weighted by atomic mass is 35.5. The summed E-state index contributed by atoms with van der Waals surface area (Å²) < 4.78 is 0. The quantitative estimate of drug-likeness (QED) is 0.846. The van der Waals surface area contributed by atoms with Gasteiger partial charge in [0.1, 0.15) is 5.82 Å². The van der Waals surface area contributed by atoms with Crippen LogP contribution in [0.3, 0.4) is 0 Å². The zero-order chi connectivity index (χ0) is 11.4. The summed E-state index contributed by atoms with van der Waals surface area (Å²) in [5.41, 5.74) is 5.79. The Balaban J connectivity index is 1.97. The van der Waals surface area contributed by atoms with Crippen LogP contribution < -0.4 is 11.1 Å². The van der Waals surface area contributed by atoms with E-state index in [0.717, 1.165) is 5.82 Å². The molecule has 0 spiro atoms. The number of rotatable bonds is 4. The number of halogens is 1. The maximum atomic E-state index is 5.79. The summed E-state index contributed by atoms with van der Waals surface area (Å²) in [6.45, 7) is 0.634. The number of hydrogen-bond acceptors (Lipinski definition) is 4. The Morgan fingerprint density at radius 1 is 1.38 bits per heavy atom. The fourth-order valence-electron chi connectivity index (χ4n) is 2.31. The van der Waals surface area contributed by atoms with Crippen LogP contribution in [0.2, 0.25) is 5.15 Å². The van der Waals surface area contributed by atoms with E-state index in [1.54, 1.807) is 6.07 Å². The van der Waals surface area contributed by atoms with Gasteiger partial charge < -0.3 is 11.1 Å². The van der Waals surface area contributed by atoms with E-state index in [4.69, 9.17) is 17.3 Å². The number of nitrogens with zero attached hydrogens (tertiary/aromatic N) is 2. The topological polar surface area (TPSA) is 63.8 Å².